The van der Waals surface area contributed by atoms with Gasteiger partial charge in [0.1, 0.15) is 0 Å². The van der Waals surface area contributed by atoms with E-state index in [9.17, 15) is 0 Å². The van der Waals surface area contributed by atoms with Crippen LogP contribution in [0.4, 0.5) is 0 Å². The van der Waals surface area contributed by atoms with E-state index in [0.717, 1.165) is 15.6 Å². The second-order valence-corrected chi connectivity index (χ2v) is 4.04. The molecule has 3 N–H and O–H groups in total. The molecule has 72 valence electrons. The first-order chi connectivity index (χ1) is 6.15. The monoisotopic (exact) mass is 243 g/mol. The van der Waals surface area contributed by atoms with Gasteiger partial charge in [-0.1, -0.05) is 22.0 Å². The number of aryl methyl sites for hydroxylation is 1. The average Bonchev–Trinajstić information content (AvgIpc) is 2.04. The Morgan fingerprint density at radius 1 is 1.54 bits per heavy atom. The molecule has 0 aliphatic rings. The van der Waals surface area contributed by atoms with Crippen LogP contribution in [0.15, 0.2) is 22.7 Å². The van der Waals surface area contributed by atoms with Crippen molar-refractivity contribution >= 4 is 15.9 Å². The Balaban J connectivity index is 2.88. The van der Waals surface area contributed by atoms with Crippen LogP contribution in [0.1, 0.15) is 23.6 Å². The molecule has 1 atom stereocenters. The number of aliphatic hydroxyl groups excluding tert-OH is 1. The molecule has 0 saturated heterocycles. The van der Waals surface area contributed by atoms with E-state index in [1.54, 1.807) is 0 Å². The highest BCUT2D eigenvalue weighted by molar-refractivity contribution is 9.10. The molecule has 1 rings (SSSR count). The zero-order chi connectivity index (χ0) is 9.84. The third-order valence-corrected chi connectivity index (χ3v) is 2.56. The van der Waals surface area contributed by atoms with Gasteiger partial charge in [-0.25, -0.2) is 0 Å². The van der Waals surface area contributed by atoms with E-state index in [-0.39, 0.29) is 12.6 Å². The second-order valence-electron chi connectivity index (χ2n) is 3.12. The van der Waals surface area contributed by atoms with Gasteiger partial charge in [0.15, 0.2) is 0 Å². The molecule has 0 aromatic heterocycles. The van der Waals surface area contributed by atoms with Crippen LogP contribution in [-0.4, -0.2) is 11.7 Å². The van der Waals surface area contributed by atoms with Crippen molar-refractivity contribution in [3.8, 4) is 0 Å². The normalized spacial score (nSPS) is 12.9. The van der Waals surface area contributed by atoms with Crippen molar-refractivity contribution in [2.24, 2.45) is 5.73 Å². The number of aliphatic hydroxyl groups is 1. The van der Waals surface area contributed by atoms with Gasteiger partial charge in [-0.05, 0) is 36.6 Å². The van der Waals surface area contributed by atoms with Gasteiger partial charge in [-0.15, -0.1) is 0 Å². The molecule has 0 unspecified atom stereocenters. The van der Waals surface area contributed by atoms with Crippen LogP contribution in [0.3, 0.4) is 0 Å². The lowest BCUT2D eigenvalue weighted by molar-refractivity contribution is 0.276. The van der Waals surface area contributed by atoms with Crippen molar-refractivity contribution < 1.29 is 5.11 Å². The first kappa shape index (κ1) is 10.7. The molecule has 0 radical (unpaired) electrons. The second kappa shape index (κ2) is 4.74. The van der Waals surface area contributed by atoms with Gasteiger partial charge in [0.05, 0.1) is 0 Å². The Morgan fingerprint density at radius 3 is 2.77 bits per heavy atom. The highest BCUT2D eigenvalue weighted by Gasteiger charge is 2.07. The molecular formula is C10H14BrNO. The summed E-state index contributed by atoms with van der Waals surface area (Å²) in [6.45, 7) is 2.16. The lowest BCUT2D eigenvalue weighted by atomic mass is 10.0. The minimum atomic E-state index is -0.0573. The van der Waals surface area contributed by atoms with E-state index in [1.807, 2.05) is 25.1 Å². The predicted molar refractivity (Wildman–Crippen MR) is 57.5 cm³/mol. The highest BCUT2D eigenvalue weighted by atomic mass is 79.9. The van der Waals surface area contributed by atoms with E-state index in [4.69, 9.17) is 10.8 Å². The van der Waals surface area contributed by atoms with E-state index in [1.165, 1.54) is 0 Å². The molecular weight excluding hydrogens is 230 g/mol. The van der Waals surface area contributed by atoms with E-state index < -0.39 is 0 Å². The fourth-order valence-electron chi connectivity index (χ4n) is 1.35. The van der Waals surface area contributed by atoms with Crippen LogP contribution < -0.4 is 5.73 Å². The Labute approximate surface area is 86.9 Å². The first-order valence-electron chi connectivity index (χ1n) is 4.27. The molecule has 0 spiro atoms. The minimum absolute atomic E-state index is 0.0573. The van der Waals surface area contributed by atoms with Crippen LogP contribution in [0.25, 0.3) is 0 Å². The van der Waals surface area contributed by atoms with Gasteiger partial charge in [-0.3, -0.25) is 0 Å². The van der Waals surface area contributed by atoms with Crippen molar-refractivity contribution in [1.82, 2.24) is 0 Å². The summed E-state index contributed by atoms with van der Waals surface area (Å²) >= 11 is 3.39. The van der Waals surface area contributed by atoms with Crippen molar-refractivity contribution in [3.63, 3.8) is 0 Å². The number of hydrogen-bond acceptors (Lipinski definition) is 2. The fourth-order valence-corrected chi connectivity index (χ4v) is 1.83. The largest absolute Gasteiger partial charge is 0.396 e. The van der Waals surface area contributed by atoms with Crippen LogP contribution in [-0.2, 0) is 0 Å². The fraction of sp³-hybridized carbons (Fsp3) is 0.400. The van der Waals surface area contributed by atoms with Crippen molar-refractivity contribution in [3.05, 3.63) is 33.8 Å². The van der Waals surface area contributed by atoms with Gasteiger partial charge < -0.3 is 10.8 Å². The zero-order valence-corrected chi connectivity index (χ0v) is 9.21. The summed E-state index contributed by atoms with van der Waals surface area (Å²) < 4.78 is 1.06. The van der Waals surface area contributed by atoms with Gasteiger partial charge >= 0.3 is 0 Å². The summed E-state index contributed by atoms with van der Waals surface area (Å²) in [7, 11) is 0. The molecule has 1 aromatic carbocycles. The van der Waals surface area contributed by atoms with Gasteiger partial charge in [-0.2, -0.15) is 0 Å². The maximum Gasteiger partial charge on any atom is 0.0449 e. The number of hydrogen-bond donors (Lipinski definition) is 2. The standard InChI is InChI=1S/C10H14BrNO/c1-7-6-8(11)2-3-9(7)10(12)4-5-13/h2-3,6,10,13H,4-5,12H2,1H3/t10-/m1/s1. The molecule has 0 aliphatic heterocycles. The topological polar surface area (TPSA) is 46.2 Å². The van der Waals surface area contributed by atoms with Gasteiger partial charge in [0, 0.05) is 17.1 Å². The van der Waals surface area contributed by atoms with Crippen molar-refractivity contribution in [2.45, 2.75) is 19.4 Å². The quantitative estimate of drug-likeness (QED) is 0.855. The molecule has 0 amide bonds. The van der Waals surface area contributed by atoms with Crippen molar-refractivity contribution in [1.29, 1.82) is 0 Å². The lowest BCUT2D eigenvalue weighted by Crippen LogP contribution is -2.13. The van der Waals surface area contributed by atoms with E-state index in [2.05, 4.69) is 15.9 Å². The summed E-state index contributed by atoms with van der Waals surface area (Å²) in [6.07, 6.45) is 0.614. The molecule has 3 heteroatoms. The third kappa shape index (κ3) is 2.79. The number of halogens is 1. The first-order valence-corrected chi connectivity index (χ1v) is 5.07. The summed E-state index contributed by atoms with van der Waals surface area (Å²) in [6, 6.07) is 5.95. The molecule has 0 saturated carbocycles. The molecule has 0 heterocycles. The highest BCUT2D eigenvalue weighted by Crippen LogP contribution is 2.21. The molecule has 13 heavy (non-hydrogen) atoms. The van der Waals surface area contributed by atoms with Crippen molar-refractivity contribution in [2.75, 3.05) is 6.61 Å². The van der Waals surface area contributed by atoms with Gasteiger partial charge in [0.2, 0.25) is 0 Å². The van der Waals surface area contributed by atoms with Crippen LogP contribution in [0, 0.1) is 6.92 Å². The summed E-state index contributed by atoms with van der Waals surface area (Å²) in [4.78, 5) is 0. The minimum Gasteiger partial charge on any atom is -0.396 e. The van der Waals surface area contributed by atoms with Crippen LogP contribution >= 0.6 is 15.9 Å². The smallest absolute Gasteiger partial charge is 0.0449 e. The number of nitrogens with two attached hydrogens (primary N) is 1. The predicted octanol–water partition coefficient (Wildman–Crippen LogP) is 2.14. The van der Waals surface area contributed by atoms with Crippen LogP contribution in [0.5, 0.6) is 0 Å². The third-order valence-electron chi connectivity index (χ3n) is 2.07. The maximum absolute atomic E-state index is 8.75. The Kier molecular flexibility index (Phi) is 3.90. The lowest BCUT2D eigenvalue weighted by Gasteiger charge is -2.13. The summed E-state index contributed by atoms with van der Waals surface area (Å²) in [5, 5.41) is 8.75. The molecule has 2 nitrogen and oxygen atoms in total. The Hall–Kier alpha value is -0.380. The molecule has 0 aliphatic carbocycles. The molecule has 0 fully saturated rings. The number of benzene rings is 1. The average molecular weight is 244 g/mol. The maximum atomic E-state index is 8.75. The Morgan fingerprint density at radius 2 is 2.23 bits per heavy atom. The van der Waals surface area contributed by atoms with E-state index >= 15 is 0 Å². The SMILES string of the molecule is Cc1cc(Br)ccc1[C@H](N)CCO. The summed E-state index contributed by atoms with van der Waals surface area (Å²) in [5.74, 6) is 0. The summed E-state index contributed by atoms with van der Waals surface area (Å²) in [5.41, 5.74) is 8.15. The number of rotatable bonds is 3. The zero-order valence-electron chi connectivity index (χ0n) is 7.63. The van der Waals surface area contributed by atoms with Gasteiger partial charge in [0.25, 0.3) is 0 Å². The van der Waals surface area contributed by atoms with Crippen LogP contribution in [0.2, 0.25) is 0 Å². The Bertz CT molecular complexity index is 288. The molecule has 0 bridgehead atoms. The van der Waals surface area contributed by atoms with E-state index in [0.29, 0.717) is 6.42 Å². The molecule has 1 aromatic rings.